The molecule has 2 unspecified atom stereocenters. The number of carbonyl (C=O) groups is 1. The van der Waals surface area contributed by atoms with Gasteiger partial charge in [0.05, 0.1) is 11.8 Å². The standard InChI is InChI=1S/C17H19N3O5/c1-10(8-13(21)14-4-3-7-24-14)18-16(22)19-11-5-6-12-15(9-11)25-17(23)20(12)2/h3-7,9-10,13,21H,8H2,1-2H3,(H2,18,19,22). The molecule has 0 saturated heterocycles. The molecule has 0 spiro atoms. The lowest BCUT2D eigenvalue weighted by Crippen LogP contribution is -2.37. The maximum atomic E-state index is 12.1. The molecule has 132 valence electrons. The van der Waals surface area contributed by atoms with Crippen LogP contribution in [-0.4, -0.2) is 21.7 Å². The van der Waals surface area contributed by atoms with Crippen molar-refractivity contribution in [3.8, 4) is 0 Å². The van der Waals surface area contributed by atoms with E-state index in [0.717, 1.165) is 0 Å². The Morgan fingerprint density at radius 1 is 1.36 bits per heavy atom. The Balaban J connectivity index is 1.59. The van der Waals surface area contributed by atoms with Crippen molar-refractivity contribution in [1.82, 2.24) is 9.88 Å². The van der Waals surface area contributed by atoms with Crippen LogP contribution in [0.1, 0.15) is 25.2 Å². The van der Waals surface area contributed by atoms with Crippen LogP contribution in [0.15, 0.2) is 50.2 Å². The summed E-state index contributed by atoms with van der Waals surface area (Å²) in [4.78, 5) is 23.6. The zero-order chi connectivity index (χ0) is 18.0. The van der Waals surface area contributed by atoms with E-state index < -0.39 is 17.9 Å². The quantitative estimate of drug-likeness (QED) is 0.657. The number of aryl methyl sites for hydroxylation is 1. The summed E-state index contributed by atoms with van der Waals surface area (Å²) in [5.41, 5.74) is 1.54. The highest BCUT2D eigenvalue weighted by Gasteiger charge is 2.16. The molecular weight excluding hydrogens is 326 g/mol. The van der Waals surface area contributed by atoms with Crippen molar-refractivity contribution in [1.29, 1.82) is 0 Å². The summed E-state index contributed by atoms with van der Waals surface area (Å²) in [6.07, 6.45) is 1.01. The number of carbonyl (C=O) groups excluding carboxylic acids is 1. The van der Waals surface area contributed by atoms with Crippen LogP contribution in [0.25, 0.3) is 11.1 Å². The van der Waals surface area contributed by atoms with Gasteiger partial charge in [-0.25, -0.2) is 9.59 Å². The van der Waals surface area contributed by atoms with Crippen LogP contribution in [0.3, 0.4) is 0 Å². The number of hydrogen-bond acceptors (Lipinski definition) is 5. The lowest BCUT2D eigenvalue weighted by Gasteiger charge is -2.17. The smallest absolute Gasteiger partial charge is 0.419 e. The number of nitrogens with one attached hydrogen (secondary N) is 2. The molecule has 2 aromatic heterocycles. The van der Waals surface area contributed by atoms with E-state index in [2.05, 4.69) is 10.6 Å². The summed E-state index contributed by atoms with van der Waals surface area (Å²) in [6, 6.07) is 7.63. The number of hydrogen-bond donors (Lipinski definition) is 3. The van der Waals surface area contributed by atoms with Crippen LogP contribution in [0, 0.1) is 0 Å². The fourth-order valence-corrected chi connectivity index (χ4v) is 2.59. The maximum Gasteiger partial charge on any atom is 0.419 e. The molecule has 8 nitrogen and oxygen atoms in total. The number of oxazole rings is 1. The van der Waals surface area contributed by atoms with Gasteiger partial charge in [-0.15, -0.1) is 0 Å². The molecule has 0 saturated carbocycles. The normalized spacial score (nSPS) is 13.6. The van der Waals surface area contributed by atoms with E-state index in [4.69, 9.17) is 8.83 Å². The molecule has 2 atom stereocenters. The molecule has 3 N–H and O–H groups in total. The second-order valence-electron chi connectivity index (χ2n) is 5.88. The molecule has 0 aliphatic carbocycles. The zero-order valence-electron chi connectivity index (χ0n) is 13.9. The summed E-state index contributed by atoms with van der Waals surface area (Å²) in [7, 11) is 1.61. The van der Waals surface area contributed by atoms with Crippen LogP contribution < -0.4 is 16.4 Å². The molecule has 8 heteroatoms. The Hall–Kier alpha value is -3.00. The molecule has 3 rings (SSSR count). The van der Waals surface area contributed by atoms with Crippen LogP contribution >= 0.6 is 0 Å². The minimum absolute atomic E-state index is 0.279. The van der Waals surface area contributed by atoms with Gasteiger partial charge in [-0.2, -0.15) is 0 Å². The summed E-state index contributed by atoms with van der Waals surface area (Å²) < 4.78 is 11.6. The molecule has 2 amide bonds. The third kappa shape index (κ3) is 3.74. The Labute approximate surface area is 143 Å². The van der Waals surface area contributed by atoms with Crippen molar-refractivity contribution in [2.45, 2.75) is 25.5 Å². The van der Waals surface area contributed by atoms with Gasteiger partial charge in [0, 0.05) is 31.3 Å². The number of aliphatic hydroxyl groups is 1. The Bertz CT molecular complexity index is 926. The van der Waals surface area contributed by atoms with Gasteiger partial charge in [-0.05, 0) is 31.2 Å². The molecule has 2 heterocycles. The summed E-state index contributed by atoms with van der Waals surface area (Å²) in [5.74, 6) is -0.00393. The lowest BCUT2D eigenvalue weighted by atomic mass is 10.1. The molecule has 0 fully saturated rings. The monoisotopic (exact) mass is 345 g/mol. The number of fused-ring (bicyclic) bond motifs is 1. The maximum absolute atomic E-state index is 12.1. The number of anilines is 1. The highest BCUT2D eigenvalue weighted by atomic mass is 16.4. The average Bonchev–Trinajstić information content (AvgIpc) is 3.16. The van der Waals surface area contributed by atoms with Crippen LogP contribution in [-0.2, 0) is 7.05 Å². The van der Waals surface area contributed by atoms with Gasteiger partial charge in [0.2, 0.25) is 0 Å². The first-order valence-electron chi connectivity index (χ1n) is 7.82. The van der Waals surface area contributed by atoms with Crippen molar-refractivity contribution in [2.75, 3.05) is 5.32 Å². The number of rotatable bonds is 5. The molecule has 3 aromatic rings. The van der Waals surface area contributed by atoms with E-state index in [9.17, 15) is 14.7 Å². The van der Waals surface area contributed by atoms with Crippen molar-refractivity contribution < 1.29 is 18.7 Å². The third-order valence-corrected chi connectivity index (χ3v) is 3.88. The second kappa shape index (κ2) is 6.86. The van der Waals surface area contributed by atoms with Gasteiger partial charge in [-0.3, -0.25) is 4.57 Å². The number of aromatic nitrogens is 1. The third-order valence-electron chi connectivity index (χ3n) is 3.88. The first kappa shape index (κ1) is 16.8. The van der Waals surface area contributed by atoms with Crippen LogP contribution in [0.2, 0.25) is 0 Å². The van der Waals surface area contributed by atoms with Crippen LogP contribution in [0.4, 0.5) is 10.5 Å². The largest absolute Gasteiger partial charge is 0.467 e. The van der Waals surface area contributed by atoms with E-state index in [-0.39, 0.29) is 6.04 Å². The first-order chi connectivity index (χ1) is 11.9. The number of furan rings is 1. The van der Waals surface area contributed by atoms with E-state index in [1.54, 1.807) is 44.3 Å². The minimum atomic E-state index is -0.791. The number of amides is 2. The number of aliphatic hydroxyl groups excluding tert-OH is 1. The Kier molecular flexibility index (Phi) is 4.62. The fraction of sp³-hybridized carbons (Fsp3) is 0.294. The highest BCUT2D eigenvalue weighted by Crippen LogP contribution is 2.19. The van der Waals surface area contributed by atoms with E-state index in [0.29, 0.717) is 29.0 Å². The molecule has 25 heavy (non-hydrogen) atoms. The van der Waals surface area contributed by atoms with E-state index >= 15 is 0 Å². The second-order valence-corrected chi connectivity index (χ2v) is 5.88. The van der Waals surface area contributed by atoms with Crippen molar-refractivity contribution in [3.63, 3.8) is 0 Å². The predicted molar refractivity (Wildman–Crippen MR) is 91.4 cm³/mol. The van der Waals surface area contributed by atoms with E-state index in [1.165, 1.54) is 10.8 Å². The number of urea groups is 1. The Morgan fingerprint density at radius 3 is 2.88 bits per heavy atom. The van der Waals surface area contributed by atoms with Crippen LogP contribution in [0.5, 0.6) is 0 Å². The number of benzene rings is 1. The van der Waals surface area contributed by atoms with Crippen molar-refractivity contribution in [3.05, 3.63) is 52.9 Å². The average molecular weight is 345 g/mol. The number of nitrogens with zero attached hydrogens (tertiary/aromatic N) is 1. The van der Waals surface area contributed by atoms with Gasteiger partial charge in [0.25, 0.3) is 0 Å². The molecular formula is C17H19N3O5. The Morgan fingerprint density at radius 2 is 2.16 bits per heavy atom. The fourth-order valence-electron chi connectivity index (χ4n) is 2.59. The van der Waals surface area contributed by atoms with Crippen molar-refractivity contribution in [2.24, 2.45) is 7.05 Å². The first-order valence-corrected chi connectivity index (χ1v) is 7.82. The van der Waals surface area contributed by atoms with Gasteiger partial charge in [0.15, 0.2) is 5.58 Å². The summed E-state index contributed by atoms with van der Waals surface area (Å²) in [6.45, 7) is 1.78. The van der Waals surface area contributed by atoms with Gasteiger partial charge in [0.1, 0.15) is 11.9 Å². The van der Waals surface area contributed by atoms with Gasteiger partial charge < -0.3 is 24.6 Å². The van der Waals surface area contributed by atoms with Crippen molar-refractivity contribution >= 4 is 22.8 Å². The minimum Gasteiger partial charge on any atom is -0.467 e. The highest BCUT2D eigenvalue weighted by molar-refractivity contribution is 5.91. The summed E-state index contributed by atoms with van der Waals surface area (Å²) in [5, 5.41) is 15.4. The molecule has 0 aliphatic heterocycles. The molecule has 0 bridgehead atoms. The molecule has 1 aromatic carbocycles. The SMILES string of the molecule is CC(CC(O)c1ccco1)NC(=O)Nc1ccc2c(c1)oc(=O)n2C. The van der Waals surface area contributed by atoms with Gasteiger partial charge >= 0.3 is 11.8 Å². The topological polar surface area (TPSA) is 110 Å². The lowest BCUT2D eigenvalue weighted by molar-refractivity contribution is 0.130. The molecule has 0 radical (unpaired) electrons. The van der Waals surface area contributed by atoms with E-state index in [1.807, 2.05) is 0 Å². The molecule has 0 aliphatic rings. The zero-order valence-corrected chi connectivity index (χ0v) is 13.9. The summed E-state index contributed by atoms with van der Waals surface area (Å²) >= 11 is 0. The van der Waals surface area contributed by atoms with Gasteiger partial charge in [-0.1, -0.05) is 0 Å². The predicted octanol–water partition coefficient (Wildman–Crippen LogP) is 2.36.